The molecule has 2 saturated carbocycles. The van der Waals surface area contributed by atoms with Crippen molar-refractivity contribution in [2.75, 3.05) is 0 Å². The molecule has 4 nitrogen and oxygen atoms in total. The predicted molar refractivity (Wildman–Crippen MR) is 168 cm³/mol. The van der Waals surface area contributed by atoms with Gasteiger partial charge in [-0.25, -0.2) is 0 Å². The summed E-state index contributed by atoms with van der Waals surface area (Å²) in [5.41, 5.74) is 0.944. The summed E-state index contributed by atoms with van der Waals surface area (Å²) < 4.78 is 118. The highest BCUT2D eigenvalue weighted by Gasteiger charge is 2.81. The minimum atomic E-state index is -6.95. The van der Waals surface area contributed by atoms with Crippen LogP contribution in [0.5, 0.6) is 5.75 Å². The highest BCUT2D eigenvalue weighted by Crippen LogP contribution is 2.65. The number of hydrogen-bond acceptors (Lipinski definition) is 3. The first-order chi connectivity index (χ1) is 23.1. The summed E-state index contributed by atoms with van der Waals surface area (Å²) in [6.07, 6.45) is 4.86. The zero-order valence-electron chi connectivity index (χ0n) is 28.2. The molecule has 0 spiro atoms. The van der Waals surface area contributed by atoms with Crippen LogP contribution in [0, 0.1) is 41.4 Å². The molecule has 0 aromatic heterocycles. The third-order valence-electron chi connectivity index (χ3n) is 12.3. The summed E-state index contributed by atoms with van der Waals surface area (Å²) in [5.74, 6) is -17.7. The number of benzene rings is 1. The fourth-order valence-corrected chi connectivity index (χ4v) is 9.34. The van der Waals surface area contributed by atoms with E-state index >= 15 is 0 Å². The van der Waals surface area contributed by atoms with Gasteiger partial charge in [-0.3, -0.25) is 4.79 Å². The normalized spacial score (nSPS) is 29.1. The number of aliphatic carboxylic acids is 1. The van der Waals surface area contributed by atoms with E-state index in [4.69, 9.17) is 6.42 Å². The molecular formula is C37H47F9O4. The van der Waals surface area contributed by atoms with Gasteiger partial charge in [0.15, 0.2) is 0 Å². The lowest BCUT2D eigenvalue weighted by molar-refractivity contribution is -0.396. The van der Waals surface area contributed by atoms with Crippen molar-refractivity contribution in [3.05, 3.63) is 29.3 Å². The number of carbonyl (C=O) groups is 1. The van der Waals surface area contributed by atoms with Crippen LogP contribution in [0.15, 0.2) is 18.2 Å². The Morgan fingerprint density at radius 2 is 1.54 bits per heavy atom. The number of alkyl halides is 9. The van der Waals surface area contributed by atoms with Gasteiger partial charge in [0.25, 0.3) is 0 Å². The van der Waals surface area contributed by atoms with E-state index in [2.05, 4.69) is 12.8 Å². The monoisotopic (exact) mass is 726 g/mol. The summed E-state index contributed by atoms with van der Waals surface area (Å²) in [4.78, 5) is 11.6. The van der Waals surface area contributed by atoms with Crippen LogP contribution in [0.3, 0.4) is 0 Å². The van der Waals surface area contributed by atoms with Gasteiger partial charge in [0.05, 0.1) is 5.92 Å². The van der Waals surface area contributed by atoms with E-state index in [0.717, 1.165) is 63.4 Å². The van der Waals surface area contributed by atoms with Crippen LogP contribution < -0.4 is 0 Å². The number of hydrogen-bond donors (Lipinski definition) is 3. The Morgan fingerprint density at radius 3 is 2.16 bits per heavy atom. The molecule has 0 aliphatic heterocycles. The van der Waals surface area contributed by atoms with Gasteiger partial charge in [-0.2, -0.15) is 39.5 Å². The number of carboxylic acid groups (broad SMARTS) is 1. The topological polar surface area (TPSA) is 77.8 Å². The van der Waals surface area contributed by atoms with Gasteiger partial charge >= 0.3 is 29.9 Å². The average Bonchev–Trinajstić information content (AvgIpc) is 3.30. The van der Waals surface area contributed by atoms with Crippen molar-refractivity contribution >= 4 is 5.97 Å². The smallest absolute Gasteiger partial charge is 0.460 e. The molecule has 3 aliphatic rings. The van der Waals surface area contributed by atoms with Crippen LogP contribution in [-0.2, 0) is 11.2 Å². The second kappa shape index (κ2) is 14.8. The van der Waals surface area contributed by atoms with Gasteiger partial charge < -0.3 is 15.3 Å². The summed E-state index contributed by atoms with van der Waals surface area (Å²) >= 11 is 0. The second-order valence-corrected chi connectivity index (χ2v) is 15.1. The number of phenols is 1. The van der Waals surface area contributed by atoms with Crippen LogP contribution in [0.1, 0.15) is 120 Å². The van der Waals surface area contributed by atoms with E-state index in [1.807, 2.05) is 12.1 Å². The number of rotatable bonds is 16. The number of fused-ring (bicyclic) bond motifs is 5. The lowest BCUT2D eigenvalue weighted by atomic mass is 9.50. The Labute approximate surface area is 287 Å². The van der Waals surface area contributed by atoms with Crippen LogP contribution in [-0.4, -0.2) is 50.8 Å². The average molecular weight is 727 g/mol. The van der Waals surface area contributed by atoms with Gasteiger partial charge in [-0.05, 0) is 105 Å². The van der Waals surface area contributed by atoms with Gasteiger partial charge in [-0.15, -0.1) is 6.42 Å². The molecule has 0 amide bonds. The summed E-state index contributed by atoms with van der Waals surface area (Å²) in [5, 5.41) is 31.0. The molecule has 7 atom stereocenters. The quantitative estimate of drug-likeness (QED) is 0.0901. The molecule has 3 N–H and O–H groups in total. The SMILES string of the molecule is C#C[C@]1(O)CCC2C3C(CC[C@@]21C)c1ccc(O)cc1C[C@H]3CCCCCCCCC(CCCC(F)(F)C(F)(F)C(F)(F)C(F)(F)F)C(=O)O. The maximum atomic E-state index is 13.8. The Kier molecular flexibility index (Phi) is 11.9. The molecule has 282 valence electrons. The number of aliphatic hydroxyl groups is 1. The van der Waals surface area contributed by atoms with E-state index in [1.54, 1.807) is 6.07 Å². The zero-order chi connectivity index (χ0) is 37.3. The van der Waals surface area contributed by atoms with Gasteiger partial charge in [-0.1, -0.05) is 57.4 Å². The maximum Gasteiger partial charge on any atom is 0.460 e. The van der Waals surface area contributed by atoms with Crippen LogP contribution in [0.25, 0.3) is 0 Å². The third kappa shape index (κ3) is 7.47. The number of halogens is 9. The Bertz CT molecular complexity index is 1390. The molecule has 0 radical (unpaired) electrons. The Hall–Kier alpha value is -2.62. The van der Waals surface area contributed by atoms with Crippen LogP contribution >= 0.6 is 0 Å². The van der Waals surface area contributed by atoms with E-state index in [-0.39, 0.29) is 23.5 Å². The van der Waals surface area contributed by atoms with Crippen molar-refractivity contribution in [2.24, 2.45) is 29.1 Å². The second-order valence-electron chi connectivity index (χ2n) is 15.1. The van der Waals surface area contributed by atoms with Crippen molar-refractivity contribution in [2.45, 2.75) is 145 Å². The molecule has 50 heavy (non-hydrogen) atoms. The first-order valence-electron chi connectivity index (χ1n) is 17.6. The molecule has 13 heteroatoms. The summed E-state index contributed by atoms with van der Waals surface area (Å²) in [6.45, 7) is 2.13. The number of phenolic OH excluding ortho intramolecular Hbond substituents is 1. The van der Waals surface area contributed by atoms with Crippen molar-refractivity contribution < 1.29 is 59.6 Å². The fourth-order valence-electron chi connectivity index (χ4n) is 9.34. The molecule has 0 bridgehead atoms. The number of carboxylic acids is 1. The number of terminal acetylenes is 1. The van der Waals surface area contributed by atoms with Crippen LogP contribution in [0.2, 0.25) is 0 Å². The van der Waals surface area contributed by atoms with Gasteiger partial charge in [0.2, 0.25) is 0 Å². The molecule has 3 aliphatic carbocycles. The standard InChI is InChI=1S/C37H47F9O4/c1-3-33(50)20-17-29-30-24(21-25-22-26(47)14-15-27(25)28(30)16-19-32(29,33)2)12-9-7-5-4-6-8-11-23(31(48)49)13-10-18-34(38,39)35(40,41)36(42,43)37(44,45)46/h1,14-15,22-24,28-30,47,50H,4-13,16-21H2,2H3,(H,48,49)/t23?,24-,28?,29?,30?,32+,33+/m1/s1. The number of unbranched alkanes of at least 4 members (excludes halogenated alkanes) is 5. The molecule has 4 unspecified atom stereocenters. The highest BCUT2D eigenvalue weighted by molar-refractivity contribution is 5.69. The summed E-state index contributed by atoms with van der Waals surface area (Å²) in [6, 6.07) is 5.63. The van der Waals surface area contributed by atoms with Crippen molar-refractivity contribution in [3.63, 3.8) is 0 Å². The third-order valence-corrected chi connectivity index (χ3v) is 12.3. The van der Waals surface area contributed by atoms with E-state index in [9.17, 15) is 59.6 Å². The predicted octanol–water partition coefficient (Wildman–Crippen LogP) is 10.3. The summed E-state index contributed by atoms with van der Waals surface area (Å²) in [7, 11) is 0. The van der Waals surface area contributed by atoms with E-state index in [0.29, 0.717) is 37.0 Å². The molecule has 4 rings (SSSR count). The minimum absolute atomic E-state index is 0.0254. The molecule has 0 saturated heterocycles. The lowest BCUT2D eigenvalue weighted by Gasteiger charge is -2.54. The van der Waals surface area contributed by atoms with Crippen molar-refractivity contribution in [1.29, 1.82) is 0 Å². The highest BCUT2D eigenvalue weighted by atomic mass is 19.4. The number of aromatic hydroxyl groups is 1. The molecule has 0 heterocycles. The molecule has 1 aromatic rings. The fraction of sp³-hybridized carbons (Fsp3) is 0.757. The first-order valence-corrected chi connectivity index (χ1v) is 17.6. The lowest BCUT2D eigenvalue weighted by Crippen LogP contribution is -2.60. The van der Waals surface area contributed by atoms with Crippen molar-refractivity contribution in [1.82, 2.24) is 0 Å². The largest absolute Gasteiger partial charge is 0.508 e. The van der Waals surface area contributed by atoms with Crippen molar-refractivity contribution in [3.8, 4) is 18.1 Å². The zero-order valence-corrected chi connectivity index (χ0v) is 28.2. The van der Waals surface area contributed by atoms with E-state index in [1.165, 1.54) is 5.56 Å². The first kappa shape index (κ1) is 40.2. The minimum Gasteiger partial charge on any atom is -0.508 e. The molecular weight excluding hydrogens is 679 g/mol. The van der Waals surface area contributed by atoms with E-state index < -0.39 is 60.7 Å². The van der Waals surface area contributed by atoms with Crippen LogP contribution in [0.4, 0.5) is 39.5 Å². The molecule has 2 fully saturated rings. The molecule has 1 aromatic carbocycles. The maximum absolute atomic E-state index is 13.8. The van der Waals surface area contributed by atoms with Gasteiger partial charge in [0.1, 0.15) is 11.4 Å². The Morgan fingerprint density at radius 1 is 0.920 bits per heavy atom. The Balaban J connectivity index is 1.23. The van der Waals surface area contributed by atoms with Gasteiger partial charge in [0, 0.05) is 11.8 Å².